The van der Waals surface area contributed by atoms with Gasteiger partial charge in [-0.1, -0.05) is 0 Å². The molecule has 1 fully saturated rings. The molecular formula is C7H12O10S2-2. The zero-order valence-corrected chi connectivity index (χ0v) is 11.5. The van der Waals surface area contributed by atoms with Crippen LogP contribution < -0.4 is 0 Å². The Morgan fingerprint density at radius 1 is 1.05 bits per heavy atom. The van der Waals surface area contributed by atoms with Crippen molar-refractivity contribution >= 4 is 20.8 Å². The zero-order chi connectivity index (χ0) is 14.8. The molecule has 0 saturated carbocycles. The average Bonchev–Trinajstić information content (AvgIpc) is 2.20. The first-order chi connectivity index (χ1) is 8.53. The van der Waals surface area contributed by atoms with Gasteiger partial charge in [0.1, 0.15) is 18.3 Å². The number of hydrogen-bond acceptors (Lipinski definition) is 10. The molecule has 1 aliphatic rings. The fraction of sp³-hybridized carbons (Fsp3) is 1.00. The van der Waals surface area contributed by atoms with Crippen molar-refractivity contribution in [3.63, 3.8) is 0 Å². The number of rotatable bonds is 5. The SMILES string of the molecule is CO[C@@H]1CO[C@@H](C)C(OS(=O)(=O)[O-])[C@@H]1OS(=O)(=O)[O-]. The molecule has 0 spiro atoms. The van der Waals surface area contributed by atoms with E-state index in [1.54, 1.807) is 0 Å². The summed E-state index contributed by atoms with van der Waals surface area (Å²) in [6, 6.07) is 0. The Balaban J connectivity index is 3.03. The quantitative estimate of drug-likeness (QED) is 0.415. The van der Waals surface area contributed by atoms with Crippen molar-refractivity contribution in [2.75, 3.05) is 13.7 Å². The summed E-state index contributed by atoms with van der Waals surface area (Å²) in [7, 11) is -9.11. The summed E-state index contributed by atoms with van der Waals surface area (Å²) in [4.78, 5) is 0. The molecule has 0 bridgehead atoms. The molecule has 0 N–H and O–H groups in total. The van der Waals surface area contributed by atoms with Gasteiger partial charge in [0.2, 0.25) is 20.8 Å². The molecule has 19 heavy (non-hydrogen) atoms. The number of methoxy groups -OCH3 is 1. The minimum atomic E-state index is -5.14. The van der Waals surface area contributed by atoms with Gasteiger partial charge >= 0.3 is 0 Å². The van der Waals surface area contributed by atoms with E-state index in [9.17, 15) is 25.9 Å². The van der Waals surface area contributed by atoms with Crippen LogP contribution >= 0.6 is 0 Å². The molecule has 10 nitrogen and oxygen atoms in total. The van der Waals surface area contributed by atoms with Crippen LogP contribution in [0.15, 0.2) is 0 Å². The van der Waals surface area contributed by atoms with E-state index in [2.05, 4.69) is 8.37 Å². The standard InChI is InChI=1S/C7H14O10S2/c1-4-6(16-18(8,9)10)7(17-19(11,12)13)5(14-2)3-15-4/h4-7H,3H2,1-2H3,(H,8,9,10)(H,11,12,13)/p-2/t4-,5+,6?,7+/m0/s1. The third kappa shape index (κ3) is 5.27. The van der Waals surface area contributed by atoms with Crippen LogP contribution in [-0.4, -0.2) is 64.1 Å². The lowest BCUT2D eigenvalue weighted by atomic mass is 10.0. The summed E-state index contributed by atoms with van der Waals surface area (Å²) in [6.45, 7) is 1.17. The maximum absolute atomic E-state index is 10.6. The molecule has 1 heterocycles. The normalized spacial score (nSPS) is 33.3. The molecule has 1 saturated heterocycles. The van der Waals surface area contributed by atoms with Crippen LogP contribution in [0.5, 0.6) is 0 Å². The molecule has 12 heteroatoms. The molecule has 0 aliphatic carbocycles. The van der Waals surface area contributed by atoms with Gasteiger partial charge in [-0.3, -0.25) is 8.37 Å². The first-order valence-corrected chi connectivity index (χ1v) is 7.63. The average molecular weight is 320 g/mol. The zero-order valence-electron chi connectivity index (χ0n) is 9.92. The Morgan fingerprint density at radius 3 is 1.95 bits per heavy atom. The summed E-state index contributed by atoms with van der Waals surface area (Å²) >= 11 is 0. The van der Waals surface area contributed by atoms with E-state index in [0.717, 1.165) is 0 Å². The summed E-state index contributed by atoms with van der Waals surface area (Å²) in [5, 5.41) is 0. The number of ether oxygens (including phenoxy) is 2. The highest BCUT2D eigenvalue weighted by atomic mass is 32.3. The maximum atomic E-state index is 10.6. The second-order valence-corrected chi connectivity index (χ2v) is 5.77. The van der Waals surface area contributed by atoms with E-state index in [1.807, 2.05) is 0 Å². The van der Waals surface area contributed by atoms with E-state index in [-0.39, 0.29) is 6.61 Å². The minimum Gasteiger partial charge on any atom is -0.726 e. The highest BCUT2D eigenvalue weighted by molar-refractivity contribution is 7.81. The van der Waals surface area contributed by atoms with Gasteiger partial charge in [-0.05, 0) is 6.92 Å². The van der Waals surface area contributed by atoms with E-state index in [4.69, 9.17) is 9.47 Å². The van der Waals surface area contributed by atoms with Gasteiger partial charge in [-0.25, -0.2) is 16.8 Å². The van der Waals surface area contributed by atoms with Crippen LogP contribution in [0.3, 0.4) is 0 Å². The van der Waals surface area contributed by atoms with Crippen molar-refractivity contribution in [3.8, 4) is 0 Å². The van der Waals surface area contributed by atoms with E-state index in [1.165, 1.54) is 14.0 Å². The summed E-state index contributed by atoms with van der Waals surface area (Å²) in [5.41, 5.74) is 0. The van der Waals surface area contributed by atoms with E-state index >= 15 is 0 Å². The minimum absolute atomic E-state index is 0.156. The molecule has 114 valence electrons. The summed E-state index contributed by atoms with van der Waals surface area (Å²) < 4.78 is 81.9. The lowest BCUT2D eigenvalue weighted by Gasteiger charge is -2.40. The predicted octanol–water partition coefficient (Wildman–Crippen LogP) is -1.89. The summed E-state index contributed by atoms with van der Waals surface area (Å²) in [6.07, 6.45) is -5.27. The Bertz CT molecular complexity index is 496. The molecule has 1 unspecified atom stereocenters. The molecule has 0 amide bonds. The van der Waals surface area contributed by atoms with Crippen LogP contribution in [0.1, 0.15) is 6.92 Å². The fourth-order valence-electron chi connectivity index (χ4n) is 1.64. The van der Waals surface area contributed by atoms with Gasteiger partial charge < -0.3 is 18.6 Å². The lowest BCUT2D eigenvalue weighted by Crippen LogP contribution is -2.56. The molecular weight excluding hydrogens is 308 g/mol. The highest BCUT2D eigenvalue weighted by Gasteiger charge is 2.43. The van der Waals surface area contributed by atoms with Gasteiger partial charge in [-0.2, -0.15) is 0 Å². The van der Waals surface area contributed by atoms with Crippen molar-refractivity contribution in [1.29, 1.82) is 0 Å². The molecule has 0 radical (unpaired) electrons. The molecule has 4 atom stereocenters. The Morgan fingerprint density at radius 2 is 1.53 bits per heavy atom. The van der Waals surface area contributed by atoms with E-state index < -0.39 is 45.2 Å². The van der Waals surface area contributed by atoms with Crippen molar-refractivity contribution in [1.82, 2.24) is 0 Å². The topological polar surface area (TPSA) is 151 Å². The van der Waals surface area contributed by atoms with Crippen molar-refractivity contribution in [2.45, 2.75) is 31.3 Å². The molecule has 0 aromatic carbocycles. The molecule has 1 rings (SSSR count). The van der Waals surface area contributed by atoms with Crippen molar-refractivity contribution in [2.24, 2.45) is 0 Å². The first kappa shape index (κ1) is 16.7. The fourth-order valence-corrected chi connectivity index (χ4v) is 2.68. The monoisotopic (exact) mass is 320 g/mol. The van der Waals surface area contributed by atoms with Crippen molar-refractivity contribution < 1.29 is 43.8 Å². The molecule has 1 aliphatic heterocycles. The van der Waals surface area contributed by atoms with Crippen molar-refractivity contribution in [3.05, 3.63) is 0 Å². The van der Waals surface area contributed by atoms with Crippen LogP contribution in [0, 0.1) is 0 Å². The highest BCUT2D eigenvalue weighted by Crippen LogP contribution is 2.25. The predicted molar refractivity (Wildman–Crippen MR) is 55.4 cm³/mol. The van der Waals surface area contributed by atoms with Gasteiger partial charge in [0.25, 0.3) is 0 Å². The largest absolute Gasteiger partial charge is 0.726 e. The van der Waals surface area contributed by atoms with Gasteiger partial charge in [0.05, 0.1) is 12.7 Å². The van der Waals surface area contributed by atoms with Gasteiger partial charge in [0, 0.05) is 7.11 Å². The molecule has 0 aromatic heterocycles. The van der Waals surface area contributed by atoms with Crippen LogP contribution in [0.4, 0.5) is 0 Å². The van der Waals surface area contributed by atoms with Gasteiger partial charge in [0.15, 0.2) is 0 Å². The van der Waals surface area contributed by atoms with Crippen LogP contribution in [-0.2, 0) is 38.6 Å². The smallest absolute Gasteiger partial charge is 0.218 e. The Kier molecular flexibility index (Phi) is 5.25. The van der Waals surface area contributed by atoms with E-state index in [0.29, 0.717) is 0 Å². The maximum Gasteiger partial charge on any atom is 0.218 e. The van der Waals surface area contributed by atoms with Crippen LogP contribution in [0.2, 0.25) is 0 Å². The third-order valence-electron chi connectivity index (χ3n) is 2.44. The summed E-state index contributed by atoms with van der Waals surface area (Å²) in [5.74, 6) is 0. The van der Waals surface area contributed by atoms with Crippen LogP contribution in [0.25, 0.3) is 0 Å². The second-order valence-electron chi connectivity index (χ2n) is 3.75. The lowest BCUT2D eigenvalue weighted by molar-refractivity contribution is -0.174. The Hall–Kier alpha value is -0.340. The third-order valence-corrected chi connectivity index (χ3v) is 3.35. The Labute approximate surface area is 110 Å². The van der Waals surface area contributed by atoms with Gasteiger partial charge in [-0.15, -0.1) is 0 Å². The molecule has 0 aromatic rings. The first-order valence-electron chi connectivity index (χ1n) is 4.96. The second kappa shape index (κ2) is 5.97. The number of hydrogen-bond donors (Lipinski definition) is 0.